The molecule has 0 radical (unpaired) electrons. The van der Waals surface area contributed by atoms with Crippen LogP contribution < -0.4 is 5.32 Å². The summed E-state index contributed by atoms with van der Waals surface area (Å²) in [5.41, 5.74) is 2.87. The zero-order chi connectivity index (χ0) is 15.8. The van der Waals surface area contributed by atoms with Crippen molar-refractivity contribution in [2.45, 2.75) is 6.54 Å². The minimum absolute atomic E-state index is 0.0452. The average molecular weight is 368 g/mol. The number of hydrogen-bond acceptors (Lipinski definition) is 1. The number of fused-ring (bicyclic) bond motifs is 2. The van der Waals surface area contributed by atoms with Crippen molar-refractivity contribution in [3.8, 4) is 0 Å². The molecule has 4 nitrogen and oxygen atoms in total. The molecule has 0 aliphatic rings. The van der Waals surface area contributed by atoms with E-state index in [1.165, 1.54) is 0 Å². The van der Waals surface area contributed by atoms with Crippen LogP contribution in [0.25, 0.3) is 21.8 Å². The highest BCUT2D eigenvalue weighted by molar-refractivity contribution is 9.10. The van der Waals surface area contributed by atoms with E-state index >= 15 is 0 Å². The van der Waals surface area contributed by atoms with Gasteiger partial charge in [0.1, 0.15) is 6.54 Å². The standard InChI is InChI=1S/C18H14BrN3O/c19-14-3-1-6-17-12(14)8-10-22(17)11-18(23)21-16-5-2-4-15-13(16)7-9-20-15/h1-10,20H,11H2,(H,21,23). The molecule has 0 saturated carbocycles. The maximum atomic E-state index is 12.4. The third-order valence-electron chi connectivity index (χ3n) is 3.94. The second-order valence-electron chi connectivity index (χ2n) is 5.41. The number of rotatable bonds is 3. The van der Waals surface area contributed by atoms with Gasteiger partial charge in [0.15, 0.2) is 0 Å². The number of carbonyl (C=O) groups is 1. The summed E-state index contributed by atoms with van der Waals surface area (Å²) in [5.74, 6) is -0.0452. The van der Waals surface area contributed by atoms with E-state index < -0.39 is 0 Å². The normalized spacial score (nSPS) is 11.2. The fraction of sp³-hybridized carbons (Fsp3) is 0.0556. The molecule has 0 atom stereocenters. The lowest BCUT2D eigenvalue weighted by Gasteiger charge is -2.09. The van der Waals surface area contributed by atoms with E-state index in [0.717, 1.165) is 32.0 Å². The van der Waals surface area contributed by atoms with Crippen molar-refractivity contribution in [3.63, 3.8) is 0 Å². The summed E-state index contributed by atoms with van der Waals surface area (Å²) in [6.45, 7) is 0.279. The highest BCUT2D eigenvalue weighted by Gasteiger charge is 2.10. The Labute approximate surface area is 141 Å². The van der Waals surface area contributed by atoms with Crippen LogP contribution in [-0.4, -0.2) is 15.5 Å². The third-order valence-corrected chi connectivity index (χ3v) is 4.63. The number of amides is 1. The number of H-pyrrole nitrogens is 1. The van der Waals surface area contributed by atoms with Crippen molar-refractivity contribution in [2.24, 2.45) is 0 Å². The second-order valence-corrected chi connectivity index (χ2v) is 6.26. The van der Waals surface area contributed by atoms with Gasteiger partial charge >= 0.3 is 0 Å². The van der Waals surface area contributed by atoms with Crippen LogP contribution in [0.15, 0.2) is 65.4 Å². The summed E-state index contributed by atoms with van der Waals surface area (Å²) in [7, 11) is 0. The summed E-state index contributed by atoms with van der Waals surface area (Å²) in [5, 5.41) is 5.12. The molecule has 0 aliphatic carbocycles. The van der Waals surface area contributed by atoms with Crippen molar-refractivity contribution in [2.75, 3.05) is 5.32 Å². The summed E-state index contributed by atoms with van der Waals surface area (Å²) >= 11 is 3.54. The number of benzene rings is 2. The molecule has 0 spiro atoms. The molecule has 23 heavy (non-hydrogen) atoms. The summed E-state index contributed by atoms with van der Waals surface area (Å²) in [4.78, 5) is 15.6. The van der Waals surface area contributed by atoms with E-state index in [-0.39, 0.29) is 12.5 Å². The van der Waals surface area contributed by atoms with Crippen molar-refractivity contribution in [1.82, 2.24) is 9.55 Å². The Bertz CT molecular complexity index is 1020. The Hall–Kier alpha value is -2.53. The van der Waals surface area contributed by atoms with E-state index in [1.54, 1.807) is 0 Å². The van der Waals surface area contributed by atoms with E-state index in [1.807, 2.05) is 65.5 Å². The topological polar surface area (TPSA) is 49.8 Å². The molecule has 2 heterocycles. The quantitative estimate of drug-likeness (QED) is 0.549. The molecule has 2 aromatic heterocycles. The van der Waals surface area contributed by atoms with Crippen molar-refractivity contribution in [3.05, 3.63) is 65.4 Å². The number of halogens is 1. The smallest absolute Gasteiger partial charge is 0.244 e. The first kappa shape index (κ1) is 14.1. The molecule has 0 unspecified atom stereocenters. The average Bonchev–Trinajstić information content (AvgIpc) is 3.16. The van der Waals surface area contributed by atoms with Gasteiger partial charge in [-0.05, 0) is 36.4 Å². The fourth-order valence-electron chi connectivity index (χ4n) is 2.86. The van der Waals surface area contributed by atoms with Crippen molar-refractivity contribution >= 4 is 49.3 Å². The van der Waals surface area contributed by atoms with Crippen LogP contribution in [0.1, 0.15) is 0 Å². The molecule has 1 amide bonds. The van der Waals surface area contributed by atoms with E-state index in [4.69, 9.17) is 0 Å². The Kier molecular flexibility index (Phi) is 3.42. The van der Waals surface area contributed by atoms with Gasteiger partial charge in [0.2, 0.25) is 5.91 Å². The van der Waals surface area contributed by atoms with Gasteiger partial charge in [-0.15, -0.1) is 0 Å². The predicted molar refractivity (Wildman–Crippen MR) is 96.6 cm³/mol. The maximum Gasteiger partial charge on any atom is 0.244 e. The molecule has 0 aliphatic heterocycles. The molecular weight excluding hydrogens is 354 g/mol. The lowest BCUT2D eigenvalue weighted by Crippen LogP contribution is -2.18. The summed E-state index contributed by atoms with van der Waals surface area (Å²) < 4.78 is 2.98. The van der Waals surface area contributed by atoms with Crippen molar-refractivity contribution in [1.29, 1.82) is 0 Å². The molecule has 0 fully saturated rings. The minimum atomic E-state index is -0.0452. The summed E-state index contributed by atoms with van der Waals surface area (Å²) in [6.07, 6.45) is 3.81. The number of anilines is 1. The van der Waals surface area contributed by atoms with Crippen LogP contribution in [0, 0.1) is 0 Å². The third kappa shape index (κ3) is 2.53. The Morgan fingerprint density at radius 1 is 1.09 bits per heavy atom. The molecule has 2 aromatic carbocycles. The Balaban J connectivity index is 1.60. The zero-order valence-electron chi connectivity index (χ0n) is 12.2. The van der Waals surface area contributed by atoms with Gasteiger partial charge in [-0.2, -0.15) is 0 Å². The number of nitrogens with zero attached hydrogens (tertiary/aromatic N) is 1. The Morgan fingerprint density at radius 2 is 1.96 bits per heavy atom. The lowest BCUT2D eigenvalue weighted by molar-refractivity contribution is -0.116. The molecule has 114 valence electrons. The molecule has 0 bridgehead atoms. The van der Waals surface area contributed by atoms with Gasteiger partial charge in [-0.25, -0.2) is 0 Å². The van der Waals surface area contributed by atoms with Crippen LogP contribution in [0.5, 0.6) is 0 Å². The SMILES string of the molecule is O=C(Cn1ccc2c(Br)cccc21)Nc1cccc2[nH]ccc12. The van der Waals surface area contributed by atoms with Gasteiger partial charge in [-0.1, -0.05) is 28.1 Å². The second kappa shape index (κ2) is 5.59. The fourth-order valence-corrected chi connectivity index (χ4v) is 3.35. The lowest BCUT2D eigenvalue weighted by atomic mass is 10.2. The number of aromatic amines is 1. The van der Waals surface area contributed by atoms with Gasteiger partial charge in [0.05, 0.1) is 5.69 Å². The summed E-state index contributed by atoms with van der Waals surface area (Å²) in [6, 6.07) is 15.8. The van der Waals surface area contributed by atoms with Gasteiger partial charge in [-0.3, -0.25) is 4.79 Å². The van der Waals surface area contributed by atoms with Gasteiger partial charge in [0.25, 0.3) is 0 Å². The molecule has 0 saturated heterocycles. The number of hydrogen-bond donors (Lipinski definition) is 2. The van der Waals surface area contributed by atoms with Crippen LogP contribution in [0.2, 0.25) is 0 Å². The van der Waals surface area contributed by atoms with E-state index in [9.17, 15) is 4.79 Å². The maximum absolute atomic E-state index is 12.4. The molecule has 4 rings (SSSR count). The predicted octanol–water partition coefficient (Wildman–Crippen LogP) is 4.52. The molecule has 5 heteroatoms. The first-order valence-electron chi connectivity index (χ1n) is 7.32. The minimum Gasteiger partial charge on any atom is -0.361 e. The van der Waals surface area contributed by atoms with Crippen LogP contribution in [0.3, 0.4) is 0 Å². The van der Waals surface area contributed by atoms with Gasteiger partial charge < -0.3 is 14.9 Å². The Morgan fingerprint density at radius 3 is 2.87 bits per heavy atom. The van der Waals surface area contributed by atoms with E-state index in [2.05, 4.69) is 26.2 Å². The highest BCUT2D eigenvalue weighted by Crippen LogP contribution is 2.25. The van der Waals surface area contributed by atoms with Crippen LogP contribution >= 0.6 is 15.9 Å². The first-order valence-corrected chi connectivity index (χ1v) is 8.11. The molecular formula is C18H14BrN3O. The van der Waals surface area contributed by atoms with Gasteiger partial charge in [0, 0.05) is 38.7 Å². The monoisotopic (exact) mass is 367 g/mol. The van der Waals surface area contributed by atoms with Crippen LogP contribution in [-0.2, 0) is 11.3 Å². The largest absolute Gasteiger partial charge is 0.361 e. The molecule has 2 N–H and O–H groups in total. The van der Waals surface area contributed by atoms with Crippen LogP contribution in [0.4, 0.5) is 5.69 Å². The first-order chi connectivity index (χ1) is 11.2. The van der Waals surface area contributed by atoms with Crippen molar-refractivity contribution < 1.29 is 4.79 Å². The highest BCUT2D eigenvalue weighted by atomic mass is 79.9. The zero-order valence-corrected chi connectivity index (χ0v) is 13.8. The van der Waals surface area contributed by atoms with E-state index in [0.29, 0.717) is 0 Å². The number of carbonyl (C=O) groups excluding carboxylic acids is 1. The number of nitrogens with one attached hydrogen (secondary N) is 2. The molecule has 4 aromatic rings. The number of aromatic nitrogens is 2.